The molecule has 1 aromatic carbocycles. The third-order valence-corrected chi connectivity index (χ3v) is 4.75. The molecule has 2 aromatic rings. The zero-order valence-electron chi connectivity index (χ0n) is 13.8. The van der Waals surface area contributed by atoms with Gasteiger partial charge in [-0.3, -0.25) is 14.3 Å². The van der Waals surface area contributed by atoms with Crippen LogP contribution in [-0.4, -0.2) is 20.4 Å². The Bertz CT molecular complexity index is 915. The standard InChI is InChI=1S/C17H19BrN4O3/c1-2-3-8-22-16(24)14(15(23)19-17(22)25)13-9-12(20-21-13)10-4-6-11(18)7-5-10/h4-7,12,20,24H,2-3,8-9H2,1H3,(H,19,23,25). The molecule has 8 heteroatoms. The van der Waals surface area contributed by atoms with Gasteiger partial charge in [-0.15, -0.1) is 0 Å². The molecule has 1 aromatic heterocycles. The van der Waals surface area contributed by atoms with Crippen molar-refractivity contribution in [1.82, 2.24) is 15.0 Å². The third-order valence-electron chi connectivity index (χ3n) is 4.22. The molecule has 132 valence electrons. The maximum Gasteiger partial charge on any atom is 0.331 e. The lowest BCUT2D eigenvalue weighted by molar-refractivity contribution is 0.394. The van der Waals surface area contributed by atoms with E-state index in [-0.39, 0.29) is 17.5 Å². The second kappa shape index (κ2) is 7.26. The summed E-state index contributed by atoms with van der Waals surface area (Å²) in [7, 11) is 0. The van der Waals surface area contributed by atoms with E-state index in [9.17, 15) is 14.7 Å². The molecule has 0 amide bonds. The van der Waals surface area contributed by atoms with Crippen LogP contribution < -0.4 is 16.7 Å². The summed E-state index contributed by atoms with van der Waals surface area (Å²) in [6.07, 6.45) is 2.05. The smallest absolute Gasteiger partial charge is 0.331 e. The zero-order chi connectivity index (χ0) is 18.0. The summed E-state index contributed by atoms with van der Waals surface area (Å²) < 4.78 is 2.17. The van der Waals surface area contributed by atoms with Gasteiger partial charge in [0.15, 0.2) is 0 Å². The van der Waals surface area contributed by atoms with Crippen LogP contribution in [0.2, 0.25) is 0 Å². The van der Waals surface area contributed by atoms with Gasteiger partial charge in [-0.2, -0.15) is 5.10 Å². The van der Waals surface area contributed by atoms with Gasteiger partial charge in [0.2, 0.25) is 5.88 Å². The number of aromatic hydroxyl groups is 1. The molecule has 0 radical (unpaired) electrons. The summed E-state index contributed by atoms with van der Waals surface area (Å²) in [4.78, 5) is 26.4. The first kappa shape index (κ1) is 17.5. The Morgan fingerprint density at radius 2 is 2.04 bits per heavy atom. The van der Waals surface area contributed by atoms with Gasteiger partial charge in [0.05, 0.1) is 11.8 Å². The third kappa shape index (κ3) is 3.53. The first-order chi connectivity index (χ1) is 12.0. The van der Waals surface area contributed by atoms with Gasteiger partial charge in [-0.05, 0) is 24.1 Å². The summed E-state index contributed by atoms with van der Waals surface area (Å²) in [5.41, 5.74) is 3.30. The van der Waals surface area contributed by atoms with E-state index in [4.69, 9.17) is 0 Å². The first-order valence-corrected chi connectivity index (χ1v) is 8.94. The van der Waals surface area contributed by atoms with Crippen LogP contribution in [0.15, 0.2) is 43.4 Å². The largest absolute Gasteiger partial charge is 0.494 e. The van der Waals surface area contributed by atoms with E-state index >= 15 is 0 Å². The molecule has 3 rings (SSSR count). The van der Waals surface area contributed by atoms with Gasteiger partial charge in [0.25, 0.3) is 5.56 Å². The molecule has 3 N–H and O–H groups in total. The number of H-pyrrole nitrogens is 1. The molecule has 0 spiro atoms. The normalized spacial score (nSPS) is 16.6. The van der Waals surface area contributed by atoms with Gasteiger partial charge in [0, 0.05) is 17.4 Å². The van der Waals surface area contributed by atoms with E-state index < -0.39 is 11.2 Å². The summed E-state index contributed by atoms with van der Waals surface area (Å²) in [6, 6.07) is 7.71. The second-order valence-corrected chi connectivity index (χ2v) is 6.87. The molecule has 2 heterocycles. The van der Waals surface area contributed by atoms with Crippen LogP contribution in [0.4, 0.5) is 0 Å². The fourth-order valence-corrected chi connectivity index (χ4v) is 3.09. The summed E-state index contributed by atoms with van der Waals surface area (Å²) in [5, 5.41) is 14.7. The van der Waals surface area contributed by atoms with Crippen LogP contribution in [0.1, 0.15) is 43.4 Å². The van der Waals surface area contributed by atoms with Gasteiger partial charge < -0.3 is 10.5 Å². The first-order valence-electron chi connectivity index (χ1n) is 8.15. The van der Waals surface area contributed by atoms with E-state index in [0.29, 0.717) is 18.7 Å². The SMILES string of the molecule is CCCCn1c(O)c(C2=NNC(c3ccc(Br)cc3)C2)c(=O)[nH]c1=O. The van der Waals surface area contributed by atoms with E-state index in [0.717, 1.165) is 22.9 Å². The Balaban J connectivity index is 1.91. The maximum absolute atomic E-state index is 12.2. The fraction of sp³-hybridized carbons (Fsp3) is 0.353. The molecule has 1 aliphatic rings. The minimum absolute atomic E-state index is 0.0582. The summed E-state index contributed by atoms with van der Waals surface area (Å²) in [5.74, 6) is -0.320. The zero-order valence-corrected chi connectivity index (χ0v) is 15.3. The molecule has 1 aliphatic heterocycles. The molecule has 0 aliphatic carbocycles. The molecule has 0 fully saturated rings. The van der Waals surface area contributed by atoms with Gasteiger partial charge in [0.1, 0.15) is 5.56 Å². The fourth-order valence-electron chi connectivity index (χ4n) is 2.83. The highest BCUT2D eigenvalue weighted by Gasteiger charge is 2.27. The Morgan fingerprint density at radius 3 is 2.72 bits per heavy atom. The number of aromatic amines is 1. The van der Waals surface area contributed by atoms with E-state index in [1.807, 2.05) is 31.2 Å². The molecule has 1 unspecified atom stereocenters. The Kier molecular flexibility index (Phi) is 5.08. The number of hydrogen-bond donors (Lipinski definition) is 3. The van der Waals surface area contributed by atoms with Gasteiger partial charge in [-0.25, -0.2) is 4.79 Å². The van der Waals surface area contributed by atoms with Crippen LogP contribution in [0, 0.1) is 0 Å². The lowest BCUT2D eigenvalue weighted by Gasteiger charge is -2.12. The van der Waals surface area contributed by atoms with Crippen molar-refractivity contribution in [1.29, 1.82) is 0 Å². The average Bonchev–Trinajstić information content (AvgIpc) is 3.04. The number of halogens is 1. The molecule has 7 nitrogen and oxygen atoms in total. The van der Waals surface area contributed by atoms with Crippen molar-refractivity contribution in [2.45, 2.75) is 38.8 Å². The highest BCUT2D eigenvalue weighted by molar-refractivity contribution is 9.10. The monoisotopic (exact) mass is 406 g/mol. The Hall–Kier alpha value is -2.35. The lowest BCUT2D eigenvalue weighted by atomic mass is 10.0. The van der Waals surface area contributed by atoms with Crippen molar-refractivity contribution >= 4 is 21.6 Å². The number of nitrogens with zero attached hydrogens (tertiary/aromatic N) is 2. The molecule has 25 heavy (non-hydrogen) atoms. The quantitative estimate of drug-likeness (QED) is 0.708. The van der Waals surface area contributed by atoms with Crippen molar-refractivity contribution in [3.63, 3.8) is 0 Å². The molecule has 1 atom stereocenters. The van der Waals surface area contributed by atoms with E-state index in [1.165, 1.54) is 4.57 Å². The van der Waals surface area contributed by atoms with Gasteiger partial charge >= 0.3 is 5.69 Å². The second-order valence-electron chi connectivity index (χ2n) is 5.96. The van der Waals surface area contributed by atoms with Crippen molar-refractivity contribution in [2.24, 2.45) is 5.10 Å². The lowest BCUT2D eigenvalue weighted by Crippen LogP contribution is -2.33. The highest BCUT2D eigenvalue weighted by atomic mass is 79.9. The molecular formula is C17H19BrN4O3. The van der Waals surface area contributed by atoms with E-state index in [2.05, 4.69) is 31.4 Å². The predicted molar refractivity (Wildman–Crippen MR) is 99.1 cm³/mol. The van der Waals surface area contributed by atoms with Crippen LogP contribution >= 0.6 is 15.9 Å². The van der Waals surface area contributed by atoms with Crippen molar-refractivity contribution < 1.29 is 5.11 Å². The predicted octanol–water partition coefficient (Wildman–Crippen LogP) is 2.24. The number of aromatic nitrogens is 2. The number of hydrazone groups is 1. The Labute approximate surface area is 152 Å². The summed E-state index contributed by atoms with van der Waals surface area (Å²) >= 11 is 3.40. The van der Waals surface area contributed by atoms with Crippen molar-refractivity contribution in [3.05, 3.63) is 60.7 Å². The number of nitrogens with one attached hydrogen (secondary N) is 2. The molecular weight excluding hydrogens is 388 g/mol. The number of unbranched alkanes of at least 4 members (excludes halogenated alkanes) is 1. The molecule has 0 bridgehead atoms. The minimum Gasteiger partial charge on any atom is -0.494 e. The topological polar surface area (TPSA) is 99.5 Å². The minimum atomic E-state index is -0.618. The number of benzene rings is 1. The maximum atomic E-state index is 12.2. The molecule has 0 saturated heterocycles. The van der Waals surface area contributed by atoms with Crippen LogP contribution in [0.3, 0.4) is 0 Å². The summed E-state index contributed by atoms with van der Waals surface area (Å²) in [6.45, 7) is 2.34. The molecule has 0 saturated carbocycles. The number of hydrogen-bond acceptors (Lipinski definition) is 5. The van der Waals surface area contributed by atoms with Crippen LogP contribution in [0.5, 0.6) is 5.88 Å². The Morgan fingerprint density at radius 1 is 1.32 bits per heavy atom. The van der Waals surface area contributed by atoms with Crippen molar-refractivity contribution in [3.8, 4) is 5.88 Å². The average molecular weight is 407 g/mol. The van der Waals surface area contributed by atoms with Gasteiger partial charge in [-0.1, -0.05) is 41.4 Å². The van der Waals surface area contributed by atoms with Crippen LogP contribution in [-0.2, 0) is 6.54 Å². The highest BCUT2D eigenvalue weighted by Crippen LogP contribution is 2.27. The van der Waals surface area contributed by atoms with Crippen molar-refractivity contribution in [2.75, 3.05) is 0 Å². The van der Waals surface area contributed by atoms with E-state index in [1.54, 1.807) is 0 Å². The number of rotatable bonds is 5. The van der Waals surface area contributed by atoms with Crippen LogP contribution in [0.25, 0.3) is 0 Å².